The molecule has 0 amide bonds. The summed E-state index contributed by atoms with van der Waals surface area (Å²) >= 11 is 0. The molecule has 4 aliphatic rings. The van der Waals surface area contributed by atoms with Crippen molar-refractivity contribution < 1.29 is 13.5 Å². The number of aryl methyl sites for hydroxylation is 1. The van der Waals surface area contributed by atoms with Crippen molar-refractivity contribution in [2.24, 2.45) is 29.1 Å². The highest BCUT2D eigenvalue weighted by Crippen LogP contribution is 2.76. The van der Waals surface area contributed by atoms with Gasteiger partial charge < -0.3 is 5.11 Å². The van der Waals surface area contributed by atoms with Crippen molar-refractivity contribution in [2.75, 3.05) is 0 Å². The zero-order valence-electron chi connectivity index (χ0n) is 16.2. The normalized spacial score (nSPS) is 41.8. The highest BCUT2D eigenvalue weighted by atomic mass is 32.2. The van der Waals surface area contributed by atoms with Gasteiger partial charge in [-0.15, -0.1) is 0 Å². The molecular weight excluding hydrogens is 344 g/mol. The van der Waals surface area contributed by atoms with Crippen LogP contribution in [-0.2, 0) is 9.84 Å². The van der Waals surface area contributed by atoms with Crippen molar-refractivity contribution >= 4 is 9.84 Å². The second kappa shape index (κ2) is 5.45. The van der Waals surface area contributed by atoms with E-state index in [9.17, 15) is 13.5 Å². The first-order valence-corrected chi connectivity index (χ1v) is 11.3. The molecule has 5 rings (SSSR count). The molecule has 142 valence electrons. The summed E-state index contributed by atoms with van der Waals surface area (Å²) < 4.78 is 27.1. The van der Waals surface area contributed by atoms with E-state index in [1.807, 2.05) is 19.1 Å². The fourth-order valence-corrected chi connectivity index (χ4v) is 8.73. The zero-order chi connectivity index (χ0) is 19.1. The van der Waals surface area contributed by atoms with E-state index in [0.717, 1.165) is 24.0 Å². The van der Waals surface area contributed by atoms with E-state index in [4.69, 9.17) is 0 Å². The molecule has 6 atom stereocenters. The Bertz CT molecular complexity index is 854. The van der Waals surface area contributed by atoms with Gasteiger partial charge in [0.1, 0.15) is 0 Å². The molecule has 26 heavy (non-hydrogen) atoms. The van der Waals surface area contributed by atoms with Crippen molar-refractivity contribution in [2.45, 2.75) is 62.7 Å². The molecule has 0 heterocycles. The summed E-state index contributed by atoms with van der Waals surface area (Å²) in [6.45, 7) is 12.7. The smallest absolute Gasteiger partial charge is 0.184 e. The van der Waals surface area contributed by atoms with E-state index in [0.29, 0.717) is 23.2 Å². The minimum atomic E-state index is -3.62. The van der Waals surface area contributed by atoms with Gasteiger partial charge in [-0.1, -0.05) is 50.6 Å². The fraction of sp³-hybridized carbons (Fsp3) is 0.636. The van der Waals surface area contributed by atoms with Crippen LogP contribution in [-0.4, -0.2) is 24.4 Å². The average Bonchev–Trinajstić information content (AvgIpc) is 2.57. The molecule has 3 nitrogen and oxygen atoms in total. The second-order valence-electron chi connectivity index (χ2n) is 9.40. The lowest BCUT2D eigenvalue weighted by atomic mass is 9.31. The van der Waals surface area contributed by atoms with Crippen molar-refractivity contribution in [3.8, 4) is 0 Å². The Morgan fingerprint density at radius 1 is 1.23 bits per heavy atom. The highest BCUT2D eigenvalue weighted by molar-refractivity contribution is 7.92. The zero-order valence-corrected chi connectivity index (χ0v) is 17.0. The quantitative estimate of drug-likeness (QED) is 0.809. The lowest BCUT2D eigenvalue weighted by Gasteiger charge is -2.77. The number of benzene rings is 1. The third-order valence-corrected chi connectivity index (χ3v) is 10.1. The van der Waals surface area contributed by atoms with Crippen LogP contribution in [0.3, 0.4) is 0 Å². The van der Waals surface area contributed by atoms with Gasteiger partial charge in [-0.3, -0.25) is 0 Å². The van der Waals surface area contributed by atoms with Crippen LogP contribution in [0.1, 0.15) is 45.6 Å². The van der Waals surface area contributed by atoms with Crippen molar-refractivity contribution in [3.05, 3.63) is 42.0 Å². The monoisotopic (exact) mass is 374 g/mol. The maximum Gasteiger partial charge on any atom is 0.184 e. The maximum atomic E-state index is 13.5. The van der Waals surface area contributed by atoms with Crippen LogP contribution >= 0.6 is 0 Å². The van der Waals surface area contributed by atoms with E-state index in [-0.39, 0.29) is 17.3 Å². The average molecular weight is 375 g/mol. The summed E-state index contributed by atoms with van der Waals surface area (Å²) in [6.07, 6.45) is 2.34. The third kappa shape index (κ3) is 2.00. The van der Waals surface area contributed by atoms with E-state index in [1.165, 1.54) is 0 Å². The van der Waals surface area contributed by atoms with Gasteiger partial charge >= 0.3 is 0 Å². The number of allylic oxidation sites excluding steroid dienone is 1. The molecule has 1 aromatic carbocycles. The molecule has 0 radical (unpaired) electrons. The Hall–Kier alpha value is -1.13. The Morgan fingerprint density at radius 2 is 1.85 bits per heavy atom. The molecule has 4 bridgehead atoms. The molecule has 4 aliphatic carbocycles. The Labute approximate surface area is 157 Å². The molecule has 4 saturated carbocycles. The van der Waals surface area contributed by atoms with Crippen molar-refractivity contribution in [1.82, 2.24) is 0 Å². The van der Waals surface area contributed by atoms with Crippen LogP contribution in [0, 0.1) is 36.0 Å². The van der Waals surface area contributed by atoms with Gasteiger partial charge in [0.15, 0.2) is 9.84 Å². The number of aliphatic hydroxyl groups is 1. The third-order valence-electron chi connectivity index (χ3n) is 7.89. The van der Waals surface area contributed by atoms with Crippen LogP contribution < -0.4 is 0 Å². The molecule has 4 fully saturated rings. The molecule has 1 aromatic rings. The van der Waals surface area contributed by atoms with Crippen LogP contribution in [0.2, 0.25) is 0 Å². The van der Waals surface area contributed by atoms with E-state index in [2.05, 4.69) is 27.4 Å². The number of fused-ring (bicyclic) bond motifs is 2. The summed E-state index contributed by atoms with van der Waals surface area (Å²) in [5, 5.41) is 11.1. The minimum Gasteiger partial charge on any atom is -0.388 e. The van der Waals surface area contributed by atoms with Crippen molar-refractivity contribution in [3.63, 3.8) is 0 Å². The van der Waals surface area contributed by atoms with Crippen LogP contribution in [0.15, 0.2) is 41.3 Å². The SMILES string of the molecule is C=C1C[C@@H](S(=O)(=O)c2ccc(C)cc2)[C@@]2(O)[C@H]3[C@@H]1[C@]2(C)CC[C@H]3C(C)C. The first-order chi connectivity index (χ1) is 12.0. The van der Waals surface area contributed by atoms with Gasteiger partial charge in [-0.25, -0.2) is 8.42 Å². The van der Waals surface area contributed by atoms with Gasteiger partial charge in [0.25, 0.3) is 0 Å². The summed E-state index contributed by atoms with van der Waals surface area (Å²) in [5.41, 5.74) is 0.555. The summed E-state index contributed by atoms with van der Waals surface area (Å²) in [6, 6.07) is 7.02. The largest absolute Gasteiger partial charge is 0.388 e. The fourth-order valence-electron chi connectivity index (χ4n) is 6.55. The Morgan fingerprint density at radius 3 is 2.42 bits per heavy atom. The Kier molecular flexibility index (Phi) is 3.82. The van der Waals surface area contributed by atoms with Gasteiger partial charge in [0, 0.05) is 5.41 Å². The lowest BCUT2D eigenvalue weighted by Crippen LogP contribution is -2.82. The predicted molar refractivity (Wildman–Crippen MR) is 104 cm³/mol. The topological polar surface area (TPSA) is 54.4 Å². The molecule has 0 aliphatic heterocycles. The van der Waals surface area contributed by atoms with Crippen molar-refractivity contribution in [1.29, 1.82) is 0 Å². The Balaban J connectivity index is 1.83. The van der Waals surface area contributed by atoms with E-state index in [1.54, 1.807) is 12.1 Å². The molecule has 0 saturated heterocycles. The summed E-state index contributed by atoms with van der Waals surface area (Å²) in [4.78, 5) is 0.322. The minimum absolute atomic E-state index is 0.0210. The first-order valence-electron chi connectivity index (χ1n) is 9.75. The van der Waals surface area contributed by atoms with E-state index < -0.39 is 20.7 Å². The summed E-state index contributed by atoms with van der Waals surface area (Å²) in [7, 11) is -3.62. The van der Waals surface area contributed by atoms with Gasteiger partial charge in [0.05, 0.1) is 15.7 Å². The molecule has 0 spiro atoms. The molecule has 0 unspecified atom stereocenters. The van der Waals surface area contributed by atoms with Gasteiger partial charge in [-0.05, 0) is 62.0 Å². The highest BCUT2D eigenvalue weighted by Gasteiger charge is 2.79. The standard InChI is InChI=1S/C22H30O3S/c1-13(2)17-10-11-21(5)19-15(4)12-18(22(21,23)20(17)19)26(24,25)16-8-6-14(3)7-9-16/h6-9,13,17-20,23H,4,10-12H2,1-3,5H3/t17-,18+,19+,20+,21-,22+/m0/s1. The lowest BCUT2D eigenvalue weighted by molar-refractivity contribution is -0.308. The predicted octanol–water partition coefficient (Wildman–Crippen LogP) is 4.15. The maximum absolute atomic E-state index is 13.5. The van der Waals surface area contributed by atoms with Crippen LogP contribution in [0.4, 0.5) is 0 Å². The molecule has 4 heteroatoms. The molecule has 1 N–H and O–H groups in total. The molecular formula is C22H30O3S. The molecule has 0 aromatic heterocycles. The van der Waals surface area contributed by atoms with Gasteiger partial charge in [-0.2, -0.15) is 0 Å². The van der Waals surface area contributed by atoms with Gasteiger partial charge in [0.2, 0.25) is 0 Å². The second-order valence-corrected chi connectivity index (χ2v) is 11.5. The number of hydrogen-bond acceptors (Lipinski definition) is 3. The van der Waals surface area contributed by atoms with Crippen LogP contribution in [0.5, 0.6) is 0 Å². The summed E-state index contributed by atoms with van der Waals surface area (Å²) in [5.74, 6) is 1.08. The van der Waals surface area contributed by atoms with Crippen LogP contribution in [0.25, 0.3) is 0 Å². The first kappa shape index (κ1) is 18.2. The number of rotatable bonds is 3. The number of hydrogen-bond donors (Lipinski definition) is 1. The number of sulfone groups is 1. The van der Waals surface area contributed by atoms with E-state index >= 15 is 0 Å².